The summed E-state index contributed by atoms with van der Waals surface area (Å²) < 4.78 is 80.7. The lowest BCUT2D eigenvalue weighted by molar-refractivity contribution is -0.208. The van der Waals surface area contributed by atoms with E-state index in [1.165, 1.54) is 24.0 Å². The van der Waals surface area contributed by atoms with Gasteiger partial charge in [0.1, 0.15) is 11.6 Å². The molecule has 174 valence electrons. The van der Waals surface area contributed by atoms with E-state index in [0.717, 1.165) is 24.5 Å². The quantitative estimate of drug-likeness (QED) is 0.664. The number of nitrogens with one attached hydrogen (secondary N) is 1. The third-order valence-electron chi connectivity index (χ3n) is 5.36. The van der Waals surface area contributed by atoms with Crippen molar-refractivity contribution in [3.8, 4) is 0 Å². The first-order chi connectivity index (χ1) is 14.9. The lowest BCUT2D eigenvalue weighted by Gasteiger charge is -2.40. The Hall–Kier alpha value is -2.73. The van der Waals surface area contributed by atoms with Crippen LogP contribution in [0.4, 0.5) is 32.2 Å². The SMILES string of the molecule is CC(C(=O)Nc1ccc(F)cn1)N1CCC(F)(F)C(c2ccnc(C(O)C(F)(F)F)c2)C1. The molecule has 0 radical (unpaired) electrons. The number of alkyl halides is 5. The molecule has 2 N–H and O–H groups in total. The van der Waals surface area contributed by atoms with Gasteiger partial charge in [0.25, 0.3) is 5.92 Å². The highest BCUT2D eigenvalue weighted by Crippen LogP contribution is 2.42. The third kappa shape index (κ3) is 5.36. The number of carbonyl (C=O) groups excluding carboxylic acids is 1. The summed E-state index contributed by atoms with van der Waals surface area (Å²) in [7, 11) is 0. The minimum absolute atomic E-state index is 0.0852. The fraction of sp³-hybridized carbons (Fsp3) is 0.450. The topological polar surface area (TPSA) is 78.4 Å². The van der Waals surface area contributed by atoms with E-state index in [1.807, 2.05) is 0 Å². The lowest BCUT2D eigenvalue weighted by atomic mass is 9.86. The Labute approximate surface area is 179 Å². The molecule has 1 amide bonds. The molecule has 3 atom stereocenters. The van der Waals surface area contributed by atoms with Crippen LogP contribution in [0.15, 0.2) is 36.7 Å². The maximum atomic E-state index is 14.7. The zero-order valence-corrected chi connectivity index (χ0v) is 16.8. The van der Waals surface area contributed by atoms with Crippen LogP contribution in [0.1, 0.15) is 36.6 Å². The number of aliphatic hydroxyl groups is 1. The molecule has 3 unspecified atom stereocenters. The number of aromatic nitrogens is 2. The molecule has 32 heavy (non-hydrogen) atoms. The van der Waals surface area contributed by atoms with E-state index in [9.17, 15) is 36.2 Å². The van der Waals surface area contributed by atoms with Gasteiger partial charge in [-0.1, -0.05) is 0 Å². The van der Waals surface area contributed by atoms with Crippen LogP contribution >= 0.6 is 0 Å². The van der Waals surface area contributed by atoms with Crippen LogP contribution < -0.4 is 5.32 Å². The van der Waals surface area contributed by atoms with Gasteiger partial charge in [-0.25, -0.2) is 18.2 Å². The maximum Gasteiger partial charge on any atom is 0.420 e. The van der Waals surface area contributed by atoms with E-state index in [1.54, 1.807) is 0 Å². The predicted octanol–water partition coefficient (Wildman–Crippen LogP) is 3.66. The van der Waals surface area contributed by atoms with Gasteiger partial charge in [0.15, 0.2) is 6.10 Å². The van der Waals surface area contributed by atoms with Crippen molar-refractivity contribution in [3.05, 3.63) is 53.7 Å². The fourth-order valence-corrected chi connectivity index (χ4v) is 3.47. The second kappa shape index (κ2) is 9.02. The molecule has 3 rings (SSSR count). The van der Waals surface area contributed by atoms with E-state index >= 15 is 0 Å². The Morgan fingerprint density at radius 1 is 1.28 bits per heavy atom. The molecular formula is C20H20F6N4O2. The monoisotopic (exact) mass is 462 g/mol. The molecule has 3 heterocycles. The number of pyridine rings is 2. The average Bonchev–Trinajstić information content (AvgIpc) is 2.73. The Morgan fingerprint density at radius 3 is 2.62 bits per heavy atom. The smallest absolute Gasteiger partial charge is 0.378 e. The second-order valence-corrected chi connectivity index (χ2v) is 7.54. The van der Waals surface area contributed by atoms with Crippen molar-refractivity contribution in [3.63, 3.8) is 0 Å². The minimum Gasteiger partial charge on any atom is -0.378 e. The van der Waals surface area contributed by atoms with Crippen molar-refractivity contribution in [2.24, 2.45) is 0 Å². The molecule has 0 spiro atoms. The number of carbonyl (C=O) groups is 1. The Balaban J connectivity index is 1.77. The van der Waals surface area contributed by atoms with Crippen LogP contribution in [0.25, 0.3) is 0 Å². The van der Waals surface area contributed by atoms with Crippen LogP contribution in [0.5, 0.6) is 0 Å². The first kappa shape index (κ1) is 23.9. The first-order valence-corrected chi connectivity index (χ1v) is 9.63. The van der Waals surface area contributed by atoms with E-state index in [0.29, 0.717) is 0 Å². The van der Waals surface area contributed by atoms with Gasteiger partial charge in [-0.05, 0) is 36.8 Å². The summed E-state index contributed by atoms with van der Waals surface area (Å²) >= 11 is 0. The number of piperidine rings is 1. The number of likely N-dealkylation sites (tertiary alicyclic amines) is 1. The van der Waals surface area contributed by atoms with Crippen molar-refractivity contribution in [2.75, 3.05) is 18.4 Å². The van der Waals surface area contributed by atoms with Crippen molar-refractivity contribution >= 4 is 11.7 Å². The molecule has 1 fully saturated rings. The van der Waals surface area contributed by atoms with Gasteiger partial charge in [-0.15, -0.1) is 0 Å². The van der Waals surface area contributed by atoms with Crippen molar-refractivity contribution < 1.29 is 36.2 Å². The maximum absolute atomic E-state index is 14.7. The Bertz CT molecular complexity index is 954. The number of nitrogens with zero attached hydrogens (tertiary/aromatic N) is 3. The number of halogens is 6. The standard InChI is InChI=1S/C20H20F6N4O2/c1-11(18(32)29-16-3-2-13(21)9-28-16)30-7-5-19(22,23)14(10-30)12-4-6-27-15(8-12)17(31)20(24,25)26/h2-4,6,8-9,11,14,17,31H,5,7,10H2,1H3,(H,28,29,32). The van der Waals surface area contributed by atoms with E-state index in [4.69, 9.17) is 0 Å². The van der Waals surface area contributed by atoms with Crippen LogP contribution in [-0.2, 0) is 4.79 Å². The predicted molar refractivity (Wildman–Crippen MR) is 101 cm³/mol. The van der Waals surface area contributed by atoms with Gasteiger partial charge in [0, 0.05) is 25.7 Å². The first-order valence-electron chi connectivity index (χ1n) is 9.63. The summed E-state index contributed by atoms with van der Waals surface area (Å²) in [5, 5.41) is 11.9. The number of hydrogen-bond donors (Lipinski definition) is 2. The Kier molecular flexibility index (Phi) is 6.75. The molecule has 2 aromatic heterocycles. The summed E-state index contributed by atoms with van der Waals surface area (Å²) in [6.45, 7) is 1.05. The van der Waals surface area contributed by atoms with Crippen LogP contribution in [0.2, 0.25) is 0 Å². The Morgan fingerprint density at radius 2 is 2.00 bits per heavy atom. The van der Waals surface area contributed by atoms with Crippen LogP contribution in [0, 0.1) is 5.82 Å². The molecule has 1 aliphatic heterocycles. The highest BCUT2D eigenvalue weighted by Gasteiger charge is 2.47. The number of anilines is 1. The highest BCUT2D eigenvalue weighted by molar-refractivity contribution is 5.93. The molecule has 1 saturated heterocycles. The zero-order chi connectivity index (χ0) is 23.7. The van der Waals surface area contributed by atoms with Crippen molar-refractivity contribution in [2.45, 2.75) is 43.5 Å². The van der Waals surface area contributed by atoms with Gasteiger partial charge in [0.05, 0.1) is 23.9 Å². The molecule has 0 aromatic carbocycles. The molecule has 0 aliphatic carbocycles. The molecule has 0 bridgehead atoms. The summed E-state index contributed by atoms with van der Waals surface area (Å²) in [6.07, 6.45) is -6.67. The zero-order valence-electron chi connectivity index (χ0n) is 16.8. The molecule has 1 aliphatic rings. The van der Waals surface area contributed by atoms with Gasteiger partial charge >= 0.3 is 6.18 Å². The minimum atomic E-state index is -4.99. The fourth-order valence-electron chi connectivity index (χ4n) is 3.47. The van der Waals surface area contributed by atoms with Gasteiger partial charge in [0.2, 0.25) is 5.91 Å². The molecule has 6 nitrogen and oxygen atoms in total. The van der Waals surface area contributed by atoms with Gasteiger partial charge in [-0.3, -0.25) is 14.7 Å². The largest absolute Gasteiger partial charge is 0.420 e. The number of amides is 1. The molecule has 0 saturated carbocycles. The summed E-state index contributed by atoms with van der Waals surface area (Å²) in [5.41, 5.74) is -0.906. The number of aliphatic hydroxyl groups excluding tert-OH is 1. The normalized spacial score (nSPS) is 21.1. The molecule has 2 aromatic rings. The van der Waals surface area contributed by atoms with Gasteiger partial charge in [-0.2, -0.15) is 13.2 Å². The van der Waals surface area contributed by atoms with Gasteiger partial charge < -0.3 is 10.4 Å². The molecular weight excluding hydrogens is 442 g/mol. The number of hydrogen-bond acceptors (Lipinski definition) is 5. The summed E-state index contributed by atoms with van der Waals surface area (Å²) in [6, 6.07) is 3.45. The average molecular weight is 462 g/mol. The summed E-state index contributed by atoms with van der Waals surface area (Å²) in [4.78, 5) is 21.2. The third-order valence-corrected chi connectivity index (χ3v) is 5.36. The van der Waals surface area contributed by atoms with E-state index < -0.39 is 54.0 Å². The van der Waals surface area contributed by atoms with Crippen LogP contribution in [-0.4, -0.2) is 57.1 Å². The summed E-state index contributed by atoms with van der Waals surface area (Å²) in [5.74, 6) is -5.83. The molecule has 12 heteroatoms. The highest BCUT2D eigenvalue weighted by atomic mass is 19.4. The van der Waals surface area contributed by atoms with Crippen LogP contribution in [0.3, 0.4) is 0 Å². The second-order valence-electron chi connectivity index (χ2n) is 7.54. The van der Waals surface area contributed by atoms with E-state index in [-0.39, 0.29) is 24.5 Å². The lowest BCUT2D eigenvalue weighted by Crippen LogP contribution is -2.52. The van der Waals surface area contributed by atoms with E-state index in [2.05, 4.69) is 15.3 Å². The number of rotatable bonds is 5. The van der Waals surface area contributed by atoms with Crippen molar-refractivity contribution in [1.82, 2.24) is 14.9 Å². The van der Waals surface area contributed by atoms with Crippen molar-refractivity contribution in [1.29, 1.82) is 0 Å².